The van der Waals surface area contributed by atoms with Crippen molar-refractivity contribution in [3.63, 3.8) is 0 Å². The Kier molecular flexibility index (Phi) is 5.84. The van der Waals surface area contributed by atoms with E-state index in [0.717, 1.165) is 18.4 Å². The Morgan fingerprint density at radius 3 is 2.50 bits per heavy atom. The van der Waals surface area contributed by atoms with Gasteiger partial charge in [0.05, 0.1) is 6.10 Å². The average molecular weight is 279 g/mol. The summed E-state index contributed by atoms with van der Waals surface area (Å²) in [6.45, 7) is 4.85. The van der Waals surface area contributed by atoms with Crippen molar-refractivity contribution >= 4 is 0 Å². The maximum atomic E-state index is 13.7. The van der Waals surface area contributed by atoms with E-state index in [1.807, 2.05) is 6.07 Å². The molecule has 1 saturated carbocycles. The van der Waals surface area contributed by atoms with Gasteiger partial charge in [0, 0.05) is 18.7 Å². The third-order valence-electron chi connectivity index (χ3n) is 3.75. The smallest absolute Gasteiger partial charge is 0.127 e. The van der Waals surface area contributed by atoms with E-state index in [1.165, 1.54) is 31.7 Å². The number of nitrogens with one attached hydrogen (secondary N) is 1. The zero-order valence-corrected chi connectivity index (χ0v) is 12.6. The predicted molar refractivity (Wildman–Crippen MR) is 80.5 cm³/mol. The normalized spacial score (nSPS) is 17.2. The van der Waals surface area contributed by atoms with Crippen molar-refractivity contribution < 1.29 is 9.13 Å². The summed E-state index contributed by atoms with van der Waals surface area (Å²) in [6.07, 6.45) is 7.49. The van der Waals surface area contributed by atoms with Crippen LogP contribution in [0.2, 0.25) is 0 Å². The highest BCUT2D eigenvalue weighted by atomic mass is 19.1. The van der Waals surface area contributed by atoms with Crippen molar-refractivity contribution in [1.82, 2.24) is 5.32 Å². The Labute approximate surface area is 121 Å². The molecule has 0 bridgehead atoms. The lowest BCUT2D eigenvalue weighted by Gasteiger charge is -2.18. The molecule has 1 aromatic rings. The molecule has 1 aliphatic carbocycles. The second-order valence-electron chi connectivity index (χ2n) is 6.06. The zero-order chi connectivity index (χ0) is 14.4. The van der Waals surface area contributed by atoms with E-state index in [4.69, 9.17) is 4.74 Å². The number of halogens is 1. The predicted octanol–water partition coefficient (Wildman–Crippen LogP) is 4.43. The first-order valence-corrected chi connectivity index (χ1v) is 7.83. The van der Waals surface area contributed by atoms with Crippen molar-refractivity contribution in [3.8, 4) is 5.75 Å². The number of rotatable bonds is 5. The number of hydrogen-bond donors (Lipinski definition) is 1. The maximum Gasteiger partial charge on any atom is 0.127 e. The second-order valence-corrected chi connectivity index (χ2v) is 6.06. The van der Waals surface area contributed by atoms with E-state index >= 15 is 0 Å². The molecule has 112 valence electrons. The molecular formula is C17H26FNO. The minimum Gasteiger partial charge on any atom is -0.490 e. The Balaban J connectivity index is 1.99. The molecule has 0 atom stereocenters. The van der Waals surface area contributed by atoms with Gasteiger partial charge in [-0.25, -0.2) is 4.39 Å². The van der Waals surface area contributed by atoms with Gasteiger partial charge in [-0.1, -0.05) is 26.7 Å². The zero-order valence-electron chi connectivity index (χ0n) is 12.6. The molecule has 0 aliphatic heterocycles. The highest BCUT2D eigenvalue weighted by Gasteiger charge is 2.14. The molecule has 1 aromatic carbocycles. The average Bonchev–Trinajstić information content (AvgIpc) is 2.64. The second kappa shape index (κ2) is 7.63. The Hall–Kier alpha value is -1.09. The molecule has 0 radical (unpaired) electrons. The quantitative estimate of drug-likeness (QED) is 0.805. The van der Waals surface area contributed by atoms with Crippen LogP contribution in [0.1, 0.15) is 57.9 Å². The molecule has 20 heavy (non-hydrogen) atoms. The molecule has 1 fully saturated rings. The van der Waals surface area contributed by atoms with Crippen LogP contribution in [0, 0.1) is 5.82 Å². The summed E-state index contributed by atoms with van der Waals surface area (Å²) in [5, 5.41) is 3.31. The topological polar surface area (TPSA) is 21.3 Å². The van der Waals surface area contributed by atoms with Crippen LogP contribution in [0.15, 0.2) is 18.2 Å². The molecule has 0 saturated heterocycles. The van der Waals surface area contributed by atoms with Crippen molar-refractivity contribution in [1.29, 1.82) is 0 Å². The standard InChI is InChI=1S/C17H26FNO/c1-13(2)19-12-14-9-15(18)11-17(10-14)20-16-7-5-3-4-6-8-16/h9-11,13,16,19H,3-8,12H2,1-2H3. The first-order valence-electron chi connectivity index (χ1n) is 7.83. The van der Waals surface area contributed by atoms with Crippen LogP contribution in [0.25, 0.3) is 0 Å². The van der Waals surface area contributed by atoms with Crippen LogP contribution in [0.5, 0.6) is 5.75 Å². The van der Waals surface area contributed by atoms with E-state index in [-0.39, 0.29) is 11.9 Å². The van der Waals surface area contributed by atoms with Gasteiger partial charge in [0.1, 0.15) is 11.6 Å². The van der Waals surface area contributed by atoms with Gasteiger partial charge in [-0.3, -0.25) is 0 Å². The van der Waals surface area contributed by atoms with Crippen LogP contribution in [0.3, 0.4) is 0 Å². The van der Waals surface area contributed by atoms with Crippen LogP contribution >= 0.6 is 0 Å². The van der Waals surface area contributed by atoms with Crippen molar-refractivity contribution in [3.05, 3.63) is 29.6 Å². The van der Waals surface area contributed by atoms with Crippen LogP contribution in [-0.2, 0) is 6.54 Å². The summed E-state index contributed by atoms with van der Waals surface area (Å²) < 4.78 is 19.7. The molecule has 0 amide bonds. The molecule has 0 aromatic heterocycles. The van der Waals surface area contributed by atoms with Crippen molar-refractivity contribution in [2.24, 2.45) is 0 Å². The minimum atomic E-state index is -0.211. The fourth-order valence-electron chi connectivity index (χ4n) is 2.67. The highest BCUT2D eigenvalue weighted by Crippen LogP contribution is 2.24. The molecule has 2 nitrogen and oxygen atoms in total. The molecule has 0 spiro atoms. The fourth-order valence-corrected chi connectivity index (χ4v) is 2.67. The lowest BCUT2D eigenvalue weighted by Crippen LogP contribution is -2.22. The first kappa shape index (κ1) is 15.3. The Morgan fingerprint density at radius 2 is 1.85 bits per heavy atom. The van der Waals surface area contributed by atoms with Crippen molar-refractivity contribution in [2.75, 3.05) is 0 Å². The number of hydrogen-bond acceptors (Lipinski definition) is 2. The fraction of sp³-hybridized carbons (Fsp3) is 0.647. The van der Waals surface area contributed by atoms with Crippen LogP contribution in [0.4, 0.5) is 4.39 Å². The summed E-state index contributed by atoms with van der Waals surface area (Å²) in [5.74, 6) is 0.467. The first-order chi connectivity index (χ1) is 9.63. The molecule has 1 N–H and O–H groups in total. The largest absolute Gasteiger partial charge is 0.490 e. The van der Waals surface area contributed by atoms with Gasteiger partial charge in [0.15, 0.2) is 0 Å². The number of benzene rings is 1. The monoisotopic (exact) mass is 279 g/mol. The van der Waals surface area contributed by atoms with E-state index < -0.39 is 0 Å². The van der Waals surface area contributed by atoms with E-state index in [2.05, 4.69) is 19.2 Å². The van der Waals surface area contributed by atoms with Gasteiger partial charge in [-0.05, 0) is 43.4 Å². The third-order valence-corrected chi connectivity index (χ3v) is 3.75. The van der Waals surface area contributed by atoms with Crippen LogP contribution in [-0.4, -0.2) is 12.1 Å². The minimum absolute atomic E-state index is 0.211. The lowest BCUT2D eigenvalue weighted by molar-refractivity contribution is 0.183. The van der Waals surface area contributed by atoms with Crippen LogP contribution < -0.4 is 10.1 Å². The van der Waals surface area contributed by atoms with Gasteiger partial charge in [-0.2, -0.15) is 0 Å². The molecule has 3 heteroatoms. The van der Waals surface area contributed by atoms with Gasteiger partial charge in [-0.15, -0.1) is 0 Å². The summed E-state index contributed by atoms with van der Waals surface area (Å²) in [4.78, 5) is 0. The SMILES string of the molecule is CC(C)NCc1cc(F)cc(OC2CCCCCC2)c1. The van der Waals surface area contributed by atoms with Gasteiger partial charge < -0.3 is 10.1 Å². The maximum absolute atomic E-state index is 13.7. The Morgan fingerprint density at radius 1 is 1.15 bits per heavy atom. The lowest BCUT2D eigenvalue weighted by atomic mass is 10.1. The molecular weight excluding hydrogens is 253 g/mol. The van der Waals surface area contributed by atoms with Gasteiger partial charge >= 0.3 is 0 Å². The summed E-state index contributed by atoms with van der Waals surface area (Å²) in [6, 6.07) is 5.44. The van der Waals surface area contributed by atoms with E-state index in [0.29, 0.717) is 18.3 Å². The van der Waals surface area contributed by atoms with Gasteiger partial charge in [0.2, 0.25) is 0 Å². The highest BCUT2D eigenvalue weighted by molar-refractivity contribution is 5.29. The third kappa shape index (κ3) is 5.12. The molecule has 0 unspecified atom stereocenters. The number of ether oxygens (including phenoxy) is 1. The molecule has 0 heterocycles. The summed E-state index contributed by atoms with van der Waals surface area (Å²) >= 11 is 0. The Bertz CT molecular complexity index is 411. The summed E-state index contributed by atoms with van der Waals surface area (Å²) in [5.41, 5.74) is 0.947. The van der Waals surface area contributed by atoms with E-state index in [1.54, 1.807) is 6.07 Å². The molecule has 2 rings (SSSR count). The summed E-state index contributed by atoms with van der Waals surface area (Å²) in [7, 11) is 0. The van der Waals surface area contributed by atoms with Crippen molar-refractivity contribution in [2.45, 2.75) is 71.1 Å². The van der Waals surface area contributed by atoms with Gasteiger partial charge in [0.25, 0.3) is 0 Å². The van der Waals surface area contributed by atoms with E-state index in [9.17, 15) is 4.39 Å². The molecule has 1 aliphatic rings.